The van der Waals surface area contributed by atoms with Gasteiger partial charge in [0, 0.05) is 0 Å². The van der Waals surface area contributed by atoms with Crippen molar-refractivity contribution in [2.45, 2.75) is 26.8 Å². The molecule has 2 aromatic carbocycles. The lowest BCUT2D eigenvalue weighted by Crippen LogP contribution is -2.31. The van der Waals surface area contributed by atoms with Crippen LogP contribution in [0.4, 0.5) is 0 Å². The van der Waals surface area contributed by atoms with Crippen LogP contribution in [0, 0.1) is 13.8 Å². The fourth-order valence-electron chi connectivity index (χ4n) is 2.36. The van der Waals surface area contributed by atoms with Gasteiger partial charge in [0.25, 0.3) is 5.91 Å². The molecule has 0 saturated carbocycles. The van der Waals surface area contributed by atoms with Crippen LogP contribution in [-0.4, -0.2) is 18.5 Å². The molecule has 0 unspecified atom stereocenters. The van der Waals surface area contributed by atoms with Gasteiger partial charge in [-0.3, -0.25) is 4.79 Å². The van der Waals surface area contributed by atoms with E-state index in [9.17, 15) is 9.59 Å². The first kappa shape index (κ1) is 16.7. The van der Waals surface area contributed by atoms with E-state index >= 15 is 0 Å². The summed E-state index contributed by atoms with van der Waals surface area (Å²) in [4.78, 5) is 23.9. The van der Waals surface area contributed by atoms with Crippen molar-refractivity contribution >= 4 is 11.9 Å². The monoisotopic (exact) mass is 311 g/mol. The second kappa shape index (κ2) is 7.58. The van der Waals surface area contributed by atoms with E-state index in [2.05, 4.69) is 5.32 Å². The highest BCUT2D eigenvalue weighted by molar-refractivity contribution is 5.92. The molecule has 1 atom stereocenters. The standard InChI is InChI=1S/C19H21NO3/c1-13-9-10-17(14(2)11-13)19(22)23-12-18(21)20-15(3)16-7-5-4-6-8-16/h4-11,15H,12H2,1-3H3,(H,20,21)/t15-/m0/s1. The van der Waals surface area contributed by atoms with Crippen LogP contribution in [0.5, 0.6) is 0 Å². The maximum absolute atomic E-state index is 12.0. The Labute approximate surface area is 136 Å². The summed E-state index contributed by atoms with van der Waals surface area (Å²) in [7, 11) is 0. The fourth-order valence-corrected chi connectivity index (χ4v) is 2.36. The third-order valence-corrected chi connectivity index (χ3v) is 3.61. The Morgan fingerprint density at radius 1 is 1.09 bits per heavy atom. The van der Waals surface area contributed by atoms with E-state index in [1.807, 2.05) is 63.2 Å². The summed E-state index contributed by atoms with van der Waals surface area (Å²) < 4.78 is 5.10. The number of carbonyl (C=O) groups excluding carboxylic acids is 2. The topological polar surface area (TPSA) is 55.4 Å². The van der Waals surface area contributed by atoms with Crippen molar-refractivity contribution in [3.05, 3.63) is 70.8 Å². The van der Waals surface area contributed by atoms with Gasteiger partial charge in [0.15, 0.2) is 6.61 Å². The second-order valence-electron chi connectivity index (χ2n) is 5.59. The Bertz CT molecular complexity index is 695. The number of benzene rings is 2. The summed E-state index contributed by atoms with van der Waals surface area (Å²) in [6.07, 6.45) is 0. The Hall–Kier alpha value is -2.62. The van der Waals surface area contributed by atoms with Gasteiger partial charge in [-0.15, -0.1) is 0 Å². The molecule has 4 heteroatoms. The van der Waals surface area contributed by atoms with E-state index in [1.165, 1.54) is 0 Å². The second-order valence-corrected chi connectivity index (χ2v) is 5.59. The molecule has 0 heterocycles. The molecule has 0 fully saturated rings. The maximum Gasteiger partial charge on any atom is 0.338 e. The first-order valence-electron chi connectivity index (χ1n) is 7.56. The van der Waals surface area contributed by atoms with Crippen LogP contribution in [0.2, 0.25) is 0 Å². The molecule has 0 aliphatic heterocycles. The van der Waals surface area contributed by atoms with Gasteiger partial charge in [-0.25, -0.2) is 4.79 Å². The molecule has 1 N–H and O–H groups in total. The molecule has 0 saturated heterocycles. The van der Waals surface area contributed by atoms with Crippen LogP contribution in [0.3, 0.4) is 0 Å². The summed E-state index contributed by atoms with van der Waals surface area (Å²) in [5.41, 5.74) is 3.41. The van der Waals surface area contributed by atoms with Crippen LogP contribution in [-0.2, 0) is 9.53 Å². The minimum atomic E-state index is -0.481. The number of ether oxygens (including phenoxy) is 1. The Morgan fingerprint density at radius 3 is 2.43 bits per heavy atom. The van der Waals surface area contributed by atoms with Gasteiger partial charge in [0.1, 0.15) is 0 Å². The number of hydrogen-bond donors (Lipinski definition) is 1. The summed E-state index contributed by atoms with van der Waals surface area (Å²) in [5.74, 6) is -0.801. The SMILES string of the molecule is Cc1ccc(C(=O)OCC(=O)N[C@@H](C)c2ccccc2)c(C)c1. The third kappa shape index (κ3) is 4.68. The number of hydrogen-bond acceptors (Lipinski definition) is 3. The van der Waals surface area contributed by atoms with Gasteiger partial charge in [0.2, 0.25) is 0 Å². The highest BCUT2D eigenvalue weighted by atomic mass is 16.5. The fraction of sp³-hybridized carbons (Fsp3) is 0.263. The largest absolute Gasteiger partial charge is 0.452 e. The molecule has 0 spiro atoms. The molecule has 0 aromatic heterocycles. The molecule has 0 radical (unpaired) electrons. The minimum Gasteiger partial charge on any atom is -0.452 e. The average Bonchev–Trinajstić information content (AvgIpc) is 2.53. The zero-order valence-corrected chi connectivity index (χ0v) is 13.6. The maximum atomic E-state index is 12.0. The van der Waals surface area contributed by atoms with Crippen molar-refractivity contribution in [3.8, 4) is 0 Å². The number of carbonyl (C=O) groups is 2. The van der Waals surface area contributed by atoms with Crippen LogP contribution >= 0.6 is 0 Å². The van der Waals surface area contributed by atoms with Crippen molar-refractivity contribution in [1.29, 1.82) is 0 Å². The van der Waals surface area contributed by atoms with Gasteiger partial charge >= 0.3 is 5.97 Å². The number of amides is 1. The van der Waals surface area contributed by atoms with Crippen molar-refractivity contribution in [2.75, 3.05) is 6.61 Å². The first-order chi connectivity index (χ1) is 11.0. The summed E-state index contributed by atoms with van der Waals surface area (Å²) in [5, 5.41) is 2.81. The van der Waals surface area contributed by atoms with Crippen molar-refractivity contribution in [1.82, 2.24) is 5.32 Å². The summed E-state index contributed by atoms with van der Waals surface area (Å²) in [6, 6.07) is 15.0. The minimum absolute atomic E-state index is 0.136. The van der Waals surface area contributed by atoms with Gasteiger partial charge in [-0.2, -0.15) is 0 Å². The van der Waals surface area contributed by atoms with E-state index < -0.39 is 5.97 Å². The summed E-state index contributed by atoms with van der Waals surface area (Å²) in [6.45, 7) is 5.41. The van der Waals surface area contributed by atoms with Gasteiger partial charge < -0.3 is 10.1 Å². The van der Waals surface area contributed by atoms with E-state index in [-0.39, 0.29) is 18.6 Å². The van der Waals surface area contributed by atoms with Gasteiger partial charge in [-0.1, -0.05) is 48.0 Å². The highest BCUT2D eigenvalue weighted by Crippen LogP contribution is 2.13. The van der Waals surface area contributed by atoms with E-state index in [0.29, 0.717) is 5.56 Å². The molecular weight excluding hydrogens is 290 g/mol. The van der Waals surface area contributed by atoms with Crippen LogP contribution in [0.15, 0.2) is 48.5 Å². The highest BCUT2D eigenvalue weighted by Gasteiger charge is 2.14. The van der Waals surface area contributed by atoms with Crippen LogP contribution in [0.1, 0.15) is 40.0 Å². The van der Waals surface area contributed by atoms with Crippen molar-refractivity contribution < 1.29 is 14.3 Å². The molecule has 4 nitrogen and oxygen atoms in total. The summed E-state index contributed by atoms with van der Waals surface area (Å²) >= 11 is 0. The number of aryl methyl sites for hydroxylation is 2. The van der Waals surface area contributed by atoms with Crippen LogP contribution < -0.4 is 5.32 Å². The Kier molecular flexibility index (Phi) is 5.52. The molecular formula is C19H21NO3. The predicted molar refractivity (Wildman–Crippen MR) is 89.2 cm³/mol. The average molecular weight is 311 g/mol. The first-order valence-corrected chi connectivity index (χ1v) is 7.56. The number of nitrogens with one attached hydrogen (secondary N) is 1. The molecule has 0 aliphatic carbocycles. The van der Waals surface area contributed by atoms with E-state index in [0.717, 1.165) is 16.7 Å². The lowest BCUT2D eigenvalue weighted by Gasteiger charge is -2.14. The molecule has 0 bridgehead atoms. The van der Waals surface area contributed by atoms with Gasteiger partial charge in [-0.05, 0) is 38.0 Å². The smallest absolute Gasteiger partial charge is 0.338 e. The molecule has 120 valence electrons. The molecule has 2 aromatic rings. The van der Waals surface area contributed by atoms with E-state index in [1.54, 1.807) is 6.07 Å². The normalized spacial score (nSPS) is 11.6. The predicted octanol–water partition coefficient (Wildman–Crippen LogP) is 3.34. The quantitative estimate of drug-likeness (QED) is 0.862. The van der Waals surface area contributed by atoms with Crippen LogP contribution in [0.25, 0.3) is 0 Å². The Morgan fingerprint density at radius 2 is 1.78 bits per heavy atom. The molecule has 23 heavy (non-hydrogen) atoms. The molecule has 1 amide bonds. The third-order valence-electron chi connectivity index (χ3n) is 3.61. The molecule has 2 rings (SSSR count). The van der Waals surface area contributed by atoms with Crippen molar-refractivity contribution in [2.24, 2.45) is 0 Å². The number of rotatable bonds is 5. The lowest BCUT2D eigenvalue weighted by molar-refractivity contribution is -0.124. The van der Waals surface area contributed by atoms with Gasteiger partial charge in [0.05, 0.1) is 11.6 Å². The van der Waals surface area contributed by atoms with Crippen molar-refractivity contribution in [3.63, 3.8) is 0 Å². The zero-order chi connectivity index (χ0) is 16.8. The molecule has 0 aliphatic rings. The van der Waals surface area contributed by atoms with E-state index in [4.69, 9.17) is 4.74 Å². The number of esters is 1. The lowest BCUT2D eigenvalue weighted by atomic mass is 10.1. The Balaban J connectivity index is 1.88. The zero-order valence-electron chi connectivity index (χ0n) is 13.6.